The summed E-state index contributed by atoms with van der Waals surface area (Å²) in [4.78, 5) is 11.8. The maximum absolute atomic E-state index is 4.32. The average molecular weight is 250 g/mol. The lowest BCUT2D eigenvalue weighted by Crippen LogP contribution is -2.23. The number of fused-ring (bicyclic) bond motifs is 1. The van der Waals surface area contributed by atoms with E-state index >= 15 is 0 Å². The molecule has 0 amide bonds. The summed E-state index contributed by atoms with van der Waals surface area (Å²) in [5.41, 5.74) is 0. The van der Waals surface area contributed by atoms with Crippen LogP contribution in [0.2, 0.25) is 0 Å². The van der Waals surface area contributed by atoms with Crippen molar-refractivity contribution in [1.29, 1.82) is 0 Å². The highest BCUT2D eigenvalue weighted by molar-refractivity contribution is 7.16. The van der Waals surface area contributed by atoms with Crippen molar-refractivity contribution >= 4 is 27.4 Å². The Kier molecular flexibility index (Phi) is 3.91. The maximum Gasteiger partial charge on any atom is 0.138 e. The number of hydrogen-bond acceptors (Lipinski definition) is 5. The van der Waals surface area contributed by atoms with Crippen molar-refractivity contribution in [2.24, 2.45) is 0 Å². The van der Waals surface area contributed by atoms with Crippen molar-refractivity contribution in [2.75, 3.05) is 26.0 Å². The highest BCUT2D eigenvalue weighted by Gasteiger charge is 2.08. The number of hydrogen-bond donors (Lipinski definition) is 1. The first-order chi connectivity index (χ1) is 8.16. The van der Waals surface area contributed by atoms with Crippen molar-refractivity contribution < 1.29 is 0 Å². The third kappa shape index (κ3) is 3.14. The van der Waals surface area contributed by atoms with E-state index in [-0.39, 0.29) is 0 Å². The van der Waals surface area contributed by atoms with Crippen LogP contribution in [-0.4, -0.2) is 41.5 Å². The molecular formula is C12H18N4S. The maximum atomic E-state index is 4.32. The number of anilines is 1. The topological polar surface area (TPSA) is 41.0 Å². The molecule has 1 atom stereocenters. The van der Waals surface area contributed by atoms with Gasteiger partial charge in [0, 0.05) is 6.04 Å². The Balaban J connectivity index is 2.05. The van der Waals surface area contributed by atoms with Crippen molar-refractivity contribution in [1.82, 2.24) is 14.9 Å². The predicted molar refractivity (Wildman–Crippen MR) is 73.7 cm³/mol. The Morgan fingerprint density at radius 1 is 1.41 bits per heavy atom. The van der Waals surface area contributed by atoms with Gasteiger partial charge in [-0.3, -0.25) is 0 Å². The van der Waals surface area contributed by atoms with Crippen LogP contribution in [-0.2, 0) is 0 Å². The fourth-order valence-electron chi connectivity index (χ4n) is 1.66. The van der Waals surface area contributed by atoms with E-state index in [0.717, 1.165) is 29.0 Å². The molecule has 2 aromatic rings. The quantitative estimate of drug-likeness (QED) is 0.885. The summed E-state index contributed by atoms with van der Waals surface area (Å²) in [7, 11) is 4.18. The van der Waals surface area contributed by atoms with Gasteiger partial charge in [-0.15, -0.1) is 11.3 Å². The Morgan fingerprint density at radius 2 is 2.24 bits per heavy atom. The van der Waals surface area contributed by atoms with Gasteiger partial charge >= 0.3 is 0 Å². The molecule has 92 valence electrons. The molecule has 0 bridgehead atoms. The number of thiophene rings is 1. The molecule has 0 fully saturated rings. The van der Waals surface area contributed by atoms with E-state index in [9.17, 15) is 0 Å². The lowest BCUT2D eigenvalue weighted by Gasteiger charge is -2.17. The number of rotatable bonds is 5. The molecule has 5 heteroatoms. The van der Waals surface area contributed by atoms with Crippen LogP contribution in [0.5, 0.6) is 0 Å². The third-order valence-electron chi connectivity index (χ3n) is 2.65. The SMILES string of the molecule is CC(CCN(C)C)Nc1ncnc2sccc12. The van der Waals surface area contributed by atoms with Gasteiger partial charge in [-0.1, -0.05) is 0 Å². The van der Waals surface area contributed by atoms with Gasteiger partial charge in [0.2, 0.25) is 0 Å². The zero-order chi connectivity index (χ0) is 12.3. The highest BCUT2D eigenvalue weighted by atomic mass is 32.1. The van der Waals surface area contributed by atoms with E-state index in [1.54, 1.807) is 17.7 Å². The van der Waals surface area contributed by atoms with Gasteiger partial charge in [-0.05, 0) is 45.4 Å². The summed E-state index contributed by atoms with van der Waals surface area (Å²) in [6.07, 6.45) is 2.72. The largest absolute Gasteiger partial charge is 0.367 e. The first-order valence-electron chi connectivity index (χ1n) is 5.76. The van der Waals surface area contributed by atoms with Crippen LogP contribution in [0.15, 0.2) is 17.8 Å². The van der Waals surface area contributed by atoms with Gasteiger partial charge in [0.05, 0.1) is 5.39 Å². The first-order valence-corrected chi connectivity index (χ1v) is 6.64. The highest BCUT2D eigenvalue weighted by Crippen LogP contribution is 2.24. The van der Waals surface area contributed by atoms with Crippen molar-refractivity contribution in [3.63, 3.8) is 0 Å². The lowest BCUT2D eigenvalue weighted by atomic mass is 10.2. The van der Waals surface area contributed by atoms with Crippen molar-refractivity contribution in [2.45, 2.75) is 19.4 Å². The summed E-state index contributed by atoms with van der Waals surface area (Å²) in [5.74, 6) is 0.947. The molecule has 17 heavy (non-hydrogen) atoms. The van der Waals surface area contributed by atoms with Gasteiger partial charge in [-0.25, -0.2) is 9.97 Å². The molecular weight excluding hydrogens is 232 g/mol. The standard InChI is InChI=1S/C12H18N4S/c1-9(4-6-16(2)3)15-11-10-5-7-17-12(10)14-8-13-11/h5,7-9H,4,6H2,1-3H3,(H,13,14,15). The lowest BCUT2D eigenvalue weighted by molar-refractivity contribution is 0.390. The van der Waals surface area contributed by atoms with E-state index in [1.165, 1.54) is 0 Å². The van der Waals surface area contributed by atoms with E-state index < -0.39 is 0 Å². The second kappa shape index (κ2) is 5.42. The van der Waals surface area contributed by atoms with Crippen LogP contribution in [0.25, 0.3) is 10.2 Å². The normalized spacial score (nSPS) is 13.2. The van der Waals surface area contributed by atoms with E-state index in [1.807, 2.05) is 0 Å². The molecule has 4 nitrogen and oxygen atoms in total. The van der Waals surface area contributed by atoms with Gasteiger partial charge in [-0.2, -0.15) is 0 Å². The molecule has 1 unspecified atom stereocenters. The van der Waals surface area contributed by atoms with Crippen LogP contribution >= 0.6 is 11.3 Å². The number of nitrogens with zero attached hydrogens (tertiary/aromatic N) is 3. The molecule has 1 N–H and O–H groups in total. The average Bonchev–Trinajstić information content (AvgIpc) is 2.75. The summed E-state index contributed by atoms with van der Waals surface area (Å²) in [6.45, 7) is 3.26. The van der Waals surface area contributed by atoms with Crippen LogP contribution in [0.4, 0.5) is 5.82 Å². The number of aromatic nitrogens is 2. The third-order valence-corrected chi connectivity index (χ3v) is 3.47. The fourth-order valence-corrected chi connectivity index (χ4v) is 2.40. The molecule has 2 heterocycles. The monoisotopic (exact) mass is 250 g/mol. The molecule has 0 radical (unpaired) electrons. The smallest absolute Gasteiger partial charge is 0.138 e. The molecule has 0 aliphatic heterocycles. The van der Waals surface area contributed by atoms with Crippen molar-refractivity contribution in [3.05, 3.63) is 17.8 Å². The Bertz CT molecular complexity index is 480. The summed E-state index contributed by atoms with van der Waals surface area (Å²) < 4.78 is 0. The van der Waals surface area contributed by atoms with Gasteiger partial charge in [0.15, 0.2) is 0 Å². The fraction of sp³-hybridized carbons (Fsp3) is 0.500. The van der Waals surface area contributed by atoms with Gasteiger partial charge < -0.3 is 10.2 Å². The Labute approximate surface area is 106 Å². The Morgan fingerprint density at radius 3 is 3.00 bits per heavy atom. The zero-order valence-electron chi connectivity index (χ0n) is 10.5. The molecule has 0 aromatic carbocycles. The molecule has 2 aromatic heterocycles. The van der Waals surface area contributed by atoms with Crippen molar-refractivity contribution in [3.8, 4) is 0 Å². The molecule has 0 spiro atoms. The number of nitrogens with one attached hydrogen (secondary N) is 1. The summed E-state index contributed by atoms with van der Waals surface area (Å²) >= 11 is 1.65. The summed E-state index contributed by atoms with van der Waals surface area (Å²) in [6, 6.07) is 2.48. The van der Waals surface area contributed by atoms with E-state index in [2.05, 4.69) is 52.7 Å². The minimum atomic E-state index is 0.412. The molecule has 0 saturated carbocycles. The summed E-state index contributed by atoms with van der Waals surface area (Å²) in [5, 5.41) is 6.63. The van der Waals surface area contributed by atoms with Crippen LogP contribution in [0.3, 0.4) is 0 Å². The molecule has 0 aliphatic rings. The van der Waals surface area contributed by atoms with Crippen LogP contribution in [0.1, 0.15) is 13.3 Å². The second-order valence-electron chi connectivity index (χ2n) is 4.50. The molecule has 2 rings (SSSR count). The molecule has 0 aliphatic carbocycles. The Hall–Kier alpha value is -1.20. The van der Waals surface area contributed by atoms with E-state index in [0.29, 0.717) is 6.04 Å². The molecule has 0 saturated heterocycles. The predicted octanol–water partition coefficient (Wildman–Crippen LogP) is 2.44. The zero-order valence-corrected chi connectivity index (χ0v) is 11.3. The van der Waals surface area contributed by atoms with Gasteiger partial charge in [0.25, 0.3) is 0 Å². The minimum Gasteiger partial charge on any atom is -0.367 e. The second-order valence-corrected chi connectivity index (χ2v) is 5.39. The van der Waals surface area contributed by atoms with Crippen LogP contribution < -0.4 is 5.32 Å². The minimum absolute atomic E-state index is 0.412. The van der Waals surface area contributed by atoms with Gasteiger partial charge in [0.1, 0.15) is 17.0 Å². The van der Waals surface area contributed by atoms with Crippen LogP contribution in [0, 0.1) is 0 Å². The first kappa shape index (κ1) is 12.3. The van der Waals surface area contributed by atoms with E-state index in [4.69, 9.17) is 0 Å².